The molecule has 0 spiro atoms. The van der Waals surface area contributed by atoms with Crippen LogP contribution in [-0.4, -0.2) is 26.8 Å². The lowest BCUT2D eigenvalue weighted by atomic mass is 10.2. The highest BCUT2D eigenvalue weighted by molar-refractivity contribution is 7.99. The summed E-state index contributed by atoms with van der Waals surface area (Å²) in [6.07, 6.45) is 0. The summed E-state index contributed by atoms with van der Waals surface area (Å²) >= 11 is 1.39. The normalized spacial score (nSPS) is 12.2. The molecule has 0 saturated heterocycles. The second-order valence-corrected chi connectivity index (χ2v) is 7.50. The van der Waals surface area contributed by atoms with E-state index in [1.54, 1.807) is 24.7 Å². The highest BCUT2D eigenvalue weighted by atomic mass is 32.2. The molecular formula is C20H18N4O3S. The molecule has 1 unspecified atom stereocenters. The number of hydrogen-bond acceptors (Lipinski definition) is 7. The number of benzene rings is 2. The summed E-state index contributed by atoms with van der Waals surface area (Å²) in [4.78, 5) is 22.3. The SMILES string of the molecule is COc1cccc(-n2c(SC(C)c3nc(C)no3)nc3ccccc3c2=O)c1. The fourth-order valence-electron chi connectivity index (χ4n) is 2.86. The Morgan fingerprint density at radius 1 is 1.14 bits per heavy atom. The third-order valence-electron chi connectivity index (χ3n) is 4.23. The summed E-state index contributed by atoms with van der Waals surface area (Å²) in [5, 5.41) is 4.76. The van der Waals surface area contributed by atoms with Crippen molar-refractivity contribution in [2.24, 2.45) is 0 Å². The van der Waals surface area contributed by atoms with E-state index in [0.717, 1.165) is 0 Å². The molecule has 8 heteroatoms. The lowest BCUT2D eigenvalue weighted by molar-refractivity contribution is 0.376. The Morgan fingerprint density at radius 3 is 2.71 bits per heavy atom. The van der Waals surface area contributed by atoms with Crippen LogP contribution >= 0.6 is 11.8 Å². The largest absolute Gasteiger partial charge is 0.497 e. The molecule has 2 heterocycles. The molecule has 0 aliphatic rings. The van der Waals surface area contributed by atoms with Crippen molar-refractivity contribution in [2.75, 3.05) is 7.11 Å². The Balaban J connectivity index is 1.89. The topological polar surface area (TPSA) is 83.0 Å². The first-order valence-corrected chi connectivity index (χ1v) is 9.58. The molecule has 0 amide bonds. The van der Waals surface area contributed by atoms with Gasteiger partial charge in [0.15, 0.2) is 11.0 Å². The molecule has 0 aliphatic heterocycles. The molecule has 0 fully saturated rings. The molecule has 0 aliphatic carbocycles. The summed E-state index contributed by atoms with van der Waals surface area (Å²) in [7, 11) is 1.59. The average molecular weight is 394 g/mol. The van der Waals surface area contributed by atoms with E-state index in [4.69, 9.17) is 14.2 Å². The van der Waals surface area contributed by atoms with Crippen molar-refractivity contribution in [3.63, 3.8) is 0 Å². The summed E-state index contributed by atoms with van der Waals surface area (Å²) in [5.74, 6) is 1.72. The predicted molar refractivity (Wildman–Crippen MR) is 107 cm³/mol. The molecular weight excluding hydrogens is 376 g/mol. The van der Waals surface area contributed by atoms with Gasteiger partial charge in [-0.05, 0) is 38.1 Å². The van der Waals surface area contributed by atoms with Gasteiger partial charge in [-0.2, -0.15) is 4.98 Å². The molecule has 4 rings (SSSR count). The van der Waals surface area contributed by atoms with Crippen LogP contribution in [-0.2, 0) is 0 Å². The van der Waals surface area contributed by atoms with Crippen LogP contribution in [0.4, 0.5) is 0 Å². The molecule has 142 valence electrons. The lowest BCUT2D eigenvalue weighted by Crippen LogP contribution is -2.22. The average Bonchev–Trinajstić information content (AvgIpc) is 3.15. The van der Waals surface area contributed by atoms with Gasteiger partial charge in [-0.1, -0.05) is 35.1 Å². The standard InChI is InChI=1S/C20H18N4O3S/c1-12(18-21-13(2)23-27-18)28-20-22-17-10-5-4-9-16(17)19(25)24(20)14-7-6-8-15(11-14)26-3/h4-12H,1-3H3. The Morgan fingerprint density at radius 2 is 1.96 bits per heavy atom. The van der Waals surface area contributed by atoms with Gasteiger partial charge in [0.1, 0.15) is 5.75 Å². The number of aryl methyl sites for hydroxylation is 1. The van der Waals surface area contributed by atoms with E-state index in [1.807, 2.05) is 49.4 Å². The number of methoxy groups -OCH3 is 1. The van der Waals surface area contributed by atoms with Gasteiger partial charge in [0.2, 0.25) is 5.89 Å². The molecule has 0 saturated carbocycles. The number of aromatic nitrogens is 4. The maximum atomic E-state index is 13.3. The van der Waals surface area contributed by atoms with Crippen LogP contribution in [0.15, 0.2) is 63.0 Å². The zero-order valence-electron chi connectivity index (χ0n) is 15.6. The molecule has 7 nitrogen and oxygen atoms in total. The van der Waals surface area contributed by atoms with Gasteiger partial charge < -0.3 is 9.26 Å². The molecule has 1 atom stereocenters. The van der Waals surface area contributed by atoms with Crippen molar-refractivity contribution in [3.8, 4) is 11.4 Å². The van der Waals surface area contributed by atoms with Crippen molar-refractivity contribution in [3.05, 3.63) is 70.6 Å². The van der Waals surface area contributed by atoms with Crippen molar-refractivity contribution < 1.29 is 9.26 Å². The number of nitrogens with zero attached hydrogens (tertiary/aromatic N) is 4. The Kier molecular flexibility index (Phi) is 4.87. The van der Waals surface area contributed by atoms with Crippen molar-refractivity contribution in [1.82, 2.24) is 19.7 Å². The van der Waals surface area contributed by atoms with Gasteiger partial charge in [-0.3, -0.25) is 9.36 Å². The Labute approximate surface area is 165 Å². The third kappa shape index (κ3) is 3.38. The smallest absolute Gasteiger partial charge is 0.266 e. The first-order chi connectivity index (χ1) is 13.6. The van der Waals surface area contributed by atoms with Crippen LogP contribution in [0.3, 0.4) is 0 Å². The van der Waals surface area contributed by atoms with E-state index in [2.05, 4.69) is 10.1 Å². The molecule has 0 N–H and O–H groups in total. The van der Waals surface area contributed by atoms with Crippen LogP contribution in [0, 0.1) is 6.92 Å². The minimum atomic E-state index is -0.175. The molecule has 4 aromatic rings. The van der Waals surface area contributed by atoms with Crippen molar-refractivity contribution >= 4 is 22.7 Å². The maximum absolute atomic E-state index is 13.3. The number of para-hydroxylation sites is 1. The molecule has 28 heavy (non-hydrogen) atoms. The Bertz CT molecular complexity index is 1200. The fourth-order valence-corrected chi connectivity index (χ4v) is 3.81. The monoisotopic (exact) mass is 394 g/mol. The van der Waals surface area contributed by atoms with Crippen LogP contribution < -0.4 is 10.3 Å². The van der Waals surface area contributed by atoms with E-state index >= 15 is 0 Å². The zero-order chi connectivity index (χ0) is 19.7. The first-order valence-electron chi connectivity index (χ1n) is 8.70. The van der Waals surface area contributed by atoms with Crippen LogP contribution in [0.25, 0.3) is 16.6 Å². The highest BCUT2D eigenvalue weighted by Crippen LogP contribution is 2.34. The summed E-state index contributed by atoms with van der Waals surface area (Å²) in [6.45, 7) is 3.71. The van der Waals surface area contributed by atoms with E-state index in [1.165, 1.54) is 11.8 Å². The maximum Gasteiger partial charge on any atom is 0.266 e. The van der Waals surface area contributed by atoms with Crippen LogP contribution in [0.2, 0.25) is 0 Å². The zero-order valence-corrected chi connectivity index (χ0v) is 16.4. The third-order valence-corrected chi connectivity index (χ3v) is 5.27. The Hall–Kier alpha value is -3.13. The predicted octanol–water partition coefficient (Wildman–Crippen LogP) is 3.94. The van der Waals surface area contributed by atoms with Gasteiger partial charge in [-0.15, -0.1) is 0 Å². The van der Waals surface area contributed by atoms with Crippen LogP contribution in [0.1, 0.15) is 23.9 Å². The van der Waals surface area contributed by atoms with Gasteiger partial charge in [0.25, 0.3) is 5.56 Å². The molecule has 2 aromatic heterocycles. The second-order valence-electron chi connectivity index (χ2n) is 6.19. The van der Waals surface area contributed by atoms with E-state index in [0.29, 0.717) is 39.2 Å². The highest BCUT2D eigenvalue weighted by Gasteiger charge is 2.20. The van der Waals surface area contributed by atoms with E-state index in [9.17, 15) is 4.79 Å². The number of rotatable bonds is 5. The first kappa shape index (κ1) is 18.2. The van der Waals surface area contributed by atoms with Gasteiger partial charge in [-0.25, -0.2) is 4.98 Å². The van der Waals surface area contributed by atoms with Crippen molar-refractivity contribution in [2.45, 2.75) is 24.3 Å². The fraction of sp³-hybridized carbons (Fsp3) is 0.200. The minimum absolute atomic E-state index is 0.143. The quantitative estimate of drug-likeness (QED) is 0.374. The summed E-state index contributed by atoms with van der Waals surface area (Å²) in [5.41, 5.74) is 1.18. The van der Waals surface area contributed by atoms with E-state index in [-0.39, 0.29) is 10.8 Å². The molecule has 2 aromatic carbocycles. The van der Waals surface area contributed by atoms with Gasteiger partial charge in [0.05, 0.1) is 29.0 Å². The number of fused-ring (bicyclic) bond motifs is 1. The van der Waals surface area contributed by atoms with Crippen LogP contribution in [0.5, 0.6) is 5.75 Å². The summed E-state index contributed by atoms with van der Waals surface area (Å²) in [6, 6.07) is 14.6. The van der Waals surface area contributed by atoms with Crippen molar-refractivity contribution in [1.29, 1.82) is 0 Å². The number of thioether (sulfide) groups is 1. The lowest BCUT2D eigenvalue weighted by Gasteiger charge is -2.15. The minimum Gasteiger partial charge on any atom is -0.497 e. The number of ether oxygens (including phenoxy) is 1. The van der Waals surface area contributed by atoms with Gasteiger partial charge in [0, 0.05) is 6.07 Å². The molecule has 0 bridgehead atoms. The second kappa shape index (κ2) is 7.47. The van der Waals surface area contributed by atoms with Gasteiger partial charge >= 0.3 is 0 Å². The molecule has 0 radical (unpaired) electrons. The van der Waals surface area contributed by atoms with E-state index < -0.39 is 0 Å². The summed E-state index contributed by atoms with van der Waals surface area (Å²) < 4.78 is 12.2. The number of hydrogen-bond donors (Lipinski definition) is 0.